The summed E-state index contributed by atoms with van der Waals surface area (Å²) in [5.74, 6) is 0. The van der Waals surface area contributed by atoms with Gasteiger partial charge >= 0.3 is 0 Å². The van der Waals surface area contributed by atoms with Gasteiger partial charge in [0, 0.05) is 32.4 Å². The van der Waals surface area contributed by atoms with E-state index >= 15 is 0 Å². The lowest BCUT2D eigenvalue weighted by atomic mass is 10.2. The molecule has 2 aromatic heterocycles. The first-order valence-corrected chi connectivity index (χ1v) is 5.29. The van der Waals surface area contributed by atoms with Crippen LogP contribution >= 0.6 is 0 Å². The second kappa shape index (κ2) is 4.00. The molecule has 5 heteroatoms. The molecule has 1 N–H and O–H groups in total. The largest absolute Gasteiger partial charge is 0.378 e. The molecular formula is C11H17N5. The maximum Gasteiger partial charge on any atom is 0.0758 e. The number of rotatable bonds is 3. The van der Waals surface area contributed by atoms with Crippen LogP contribution < -0.4 is 5.32 Å². The SMILES string of the molecule is Cc1nn(C)cc1CNc1cnn(C)c1C. The Labute approximate surface area is 95.1 Å². The van der Waals surface area contributed by atoms with Crippen LogP contribution in [0.1, 0.15) is 17.0 Å². The van der Waals surface area contributed by atoms with E-state index in [0.717, 1.165) is 23.6 Å². The Morgan fingerprint density at radius 2 is 2.06 bits per heavy atom. The summed E-state index contributed by atoms with van der Waals surface area (Å²) in [5, 5.41) is 11.9. The number of aryl methyl sites for hydroxylation is 3. The molecule has 16 heavy (non-hydrogen) atoms. The van der Waals surface area contributed by atoms with Gasteiger partial charge in [-0.2, -0.15) is 10.2 Å². The monoisotopic (exact) mass is 219 g/mol. The third-order valence-corrected chi connectivity index (χ3v) is 2.82. The predicted octanol–water partition coefficient (Wildman–Crippen LogP) is 1.38. The van der Waals surface area contributed by atoms with Gasteiger partial charge in [0.05, 0.1) is 23.3 Å². The molecule has 0 radical (unpaired) electrons. The highest BCUT2D eigenvalue weighted by atomic mass is 15.3. The maximum atomic E-state index is 4.31. The summed E-state index contributed by atoms with van der Waals surface area (Å²) in [6.07, 6.45) is 3.88. The van der Waals surface area contributed by atoms with E-state index in [0.29, 0.717) is 0 Å². The smallest absolute Gasteiger partial charge is 0.0758 e. The average Bonchev–Trinajstić information content (AvgIpc) is 2.70. The molecule has 0 aliphatic heterocycles. The summed E-state index contributed by atoms with van der Waals surface area (Å²) in [6, 6.07) is 0. The van der Waals surface area contributed by atoms with Crippen molar-refractivity contribution >= 4 is 5.69 Å². The van der Waals surface area contributed by atoms with Crippen LogP contribution in [0.5, 0.6) is 0 Å². The minimum Gasteiger partial charge on any atom is -0.378 e. The molecule has 0 amide bonds. The van der Waals surface area contributed by atoms with Gasteiger partial charge in [0.15, 0.2) is 0 Å². The van der Waals surface area contributed by atoms with Crippen molar-refractivity contribution in [3.05, 3.63) is 29.3 Å². The molecule has 0 fully saturated rings. The molecule has 2 aromatic rings. The summed E-state index contributed by atoms with van der Waals surface area (Å²) in [7, 11) is 3.88. The van der Waals surface area contributed by atoms with Gasteiger partial charge in [-0.25, -0.2) is 0 Å². The Morgan fingerprint density at radius 1 is 1.31 bits per heavy atom. The van der Waals surface area contributed by atoms with Gasteiger partial charge in [0.25, 0.3) is 0 Å². The lowest BCUT2D eigenvalue weighted by Crippen LogP contribution is -2.01. The van der Waals surface area contributed by atoms with E-state index in [1.54, 1.807) is 0 Å². The molecule has 0 aromatic carbocycles. The van der Waals surface area contributed by atoms with E-state index in [4.69, 9.17) is 0 Å². The van der Waals surface area contributed by atoms with E-state index in [1.807, 2.05) is 49.7 Å². The average molecular weight is 219 g/mol. The van der Waals surface area contributed by atoms with E-state index in [2.05, 4.69) is 15.5 Å². The molecule has 0 aliphatic carbocycles. The molecule has 5 nitrogen and oxygen atoms in total. The fourth-order valence-electron chi connectivity index (χ4n) is 1.68. The second-order valence-corrected chi connectivity index (χ2v) is 4.03. The minimum atomic E-state index is 0.784. The van der Waals surface area contributed by atoms with Gasteiger partial charge in [-0.3, -0.25) is 9.36 Å². The van der Waals surface area contributed by atoms with E-state index < -0.39 is 0 Å². The van der Waals surface area contributed by atoms with E-state index in [1.165, 1.54) is 5.56 Å². The molecule has 2 heterocycles. The summed E-state index contributed by atoms with van der Waals surface area (Å²) in [4.78, 5) is 0. The first-order chi connectivity index (χ1) is 7.58. The zero-order valence-electron chi connectivity index (χ0n) is 10.2. The fraction of sp³-hybridized carbons (Fsp3) is 0.455. The number of hydrogen-bond donors (Lipinski definition) is 1. The normalized spacial score (nSPS) is 10.8. The second-order valence-electron chi connectivity index (χ2n) is 4.03. The molecule has 0 saturated carbocycles. The Kier molecular flexibility index (Phi) is 2.68. The van der Waals surface area contributed by atoms with E-state index in [-0.39, 0.29) is 0 Å². The Bertz CT molecular complexity index is 492. The Morgan fingerprint density at radius 3 is 2.56 bits per heavy atom. The van der Waals surface area contributed by atoms with Gasteiger partial charge in [-0.05, 0) is 13.8 Å². The minimum absolute atomic E-state index is 0.784. The summed E-state index contributed by atoms with van der Waals surface area (Å²) in [6.45, 7) is 4.85. The predicted molar refractivity (Wildman–Crippen MR) is 63.2 cm³/mol. The third-order valence-electron chi connectivity index (χ3n) is 2.82. The lowest BCUT2D eigenvalue weighted by Gasteiger charge is -2.04. The van der Waals surface area contributed by atoms with Crippen molar-refractivity contribution in [1.29, 1.82) is 0 Å². The highest BCUT2D eigenvalue weighted by molar-refractivity contribution is 5.46. The summed E-state index contributed by atoms with van der Waals surface area (Å²) in [5.41, 5.74) is 4.49. The van der Waals surface area contributed by atoms with Gasteiger partial charge in [0.2, 0.25) is 0 Å². The van der Waals surface area contributed by atoms with Crippen molar-refractivity contribution < 1.29 is 0 Å². The van der Waals surface area contributed by atoms with Crippen LogP contribution in [0, 0.1) is 13.8 Å². The first kappa shape index (κ1) is 10.7. The summed E-state index contributed by atoms with van der Waals surface area (Å²) >= 11 is 0. The molecular weight excluding hydrogens is 202 g/mol. The molecule has 0 spiro atoms. The lowest BCUT2D eigenvalue weighted by molar-refractivity contribution is 0.740. The number of aromatic nitrogens is 4. The van der Waals surface area contributed by atoms with Crippen molar-refractivity contribution in [1.82, 2.24) is 19.6 Å². The zero-order chi connectivity index (χ0) is 11.7. The quantitative estimate of drug-likeness (QED) is 0.848. The van der Waals surface area contributed by atoms with Crippen LogP contribution in [0.2, 0.25) is 0 Å². The molecule has 2 rings (SSSR count). The topological polar surface area (TPSA) is 47.7 Å². The van der Waals surface area contributed by atoms with Gasteiger partial charge in [-0.1, -0.05) is 0 Å². The molecule has 0 aliphatic rings. The third kappa shape index (κ3) is 1.93. The number of hydrogen-bond acceptors (Lipinski definition) is 3. The Hall–Kier alpha value is -1.78. The number of nitrogens with zero attached hydrogens (tertiary/aromatic N) is 4. The molecule has 0 bridgehead atoms. The number of anilines is 1. The van der Waals surface area contributed by atoms with Crippen LogP contribution in [-0.4, -0.2) is 19.6 Å². The van der Waals surface area contributed by atoms with Crippen LogP contribution in [0.15, 0.2) is 12.4 Å². The zero-order valence-corrected chi connectivity index (χ0v) is 10.2. The van der Waals surface area contributed by atoms with Gasteiger partial charge in [0.1, 0.15) is 0 Å². The van der Waals surface area contributed by atoms with Crippen LogP contribution in [0.25, 0.3) is 0 Å². The van der Waals surface area contributed by atoms with Crippen molar-refractivity contribution in [2.75, 3.05) is 5.32 Å². The first-order valence-electron chi connectivity index (χ1n) is 5.29. The maximum absolute atomic E-state index is 4.31. The highest BCUT2D eigenvalue weighted by Crippen LogP contribution is 2.14. The van der Waals surface area contributed by atoms with Gasteiger partial charge in [-0.15, -0.1) is 0 Å². The van der Waals surface area contributed by atoms with Crippen LogP contribution in [0.3, 0.4) is 0 Å². The summed E-state index contributed by atoms with van der Waals surface area (Å²) < 4.78 is 3.70. The number of nitrogens with one attached hydrogen (secondary N) is 1. The molecule has 0 unspecified atom stereocenters. The van der Waals surface area contributed by atoms with Crippen molar-refractivity contribution in [3.8, 4) is 0 Å². The van der Waals surface area contributed by atoms with Crippen LogP contribution in [0.4, 0.5) is 5.69 Å². The molecule has 86 valence electrons. The van der Waals surface area contributed by atoms with Crippen LogP contribution in [-0.2, 0) is 20.6 Å². The van der Waals surface area contributed by atoms with Crippen molar-refractivity contribution in [3.63, 3.8) is 0 Å². The Balaban J connectivity index is 2.08. The highest BCUT2D eigenvalue weighted by Gasteiger charge is 2.05. The van der Waals surface area contributed by atoms with E-state index in [9.17, 15) is 0 Å². The standard InChI is InChI=1S/C11H17N5/c1-8-10(7-15(3)14-8)5-12-11-6-13-16(4)9(11)2/h6-7,12H,5H2,1-4H3. The fourth-order valence-corrected chi connectivity index (χ4v) is 1.68. The molecule has 0 atom stereocenters. The van der Waals surface area contributed by atoms with Crippen molar-refractivity contribution in [2.24, 2.45) is 14.1 Å². The van der Waals surface area contributed by atoms with Crippen molar-refractivity contribution in [2.45, 2.75) is 20.4 Å². The van der Waals surface area contributed by atoms with Gasteiger partial charge < -0.3 is 5.32 Å². The molecule has 0 saturated heterocycles.